The topological polar surface area (TPSA) is 42.1 Å². The van der Waals surface area contributed by atoms with Gasteiger partial charge in [0.05, 0.1) is 12.6 Å². The molecule has 0 atom stereocenters. The van der Waals surface area contributed by atoms with Gasteiger partial charge in [-0.15, -0.1) is 0 Å². The van der Waals surface area contributed by atoms with Crippen molar-refractivity contribution in [2.45, 2.75) is 23.6 Å². The smallest absolute Gasteiger partial charge is 0.354 e. The average molecular weight is 346 g/mol. The molecule has 0 fully saturated rings. The first-order valence-electron chi connectivity index (χ1n) is 7.14. The van der Waals surface area contributed by atoms with E-state index in [1.165, 1.54) is 12.7 Å². The Kier molecular flexibility index (Phi) is 4.37. The molecule has 0 aliphatic rings. The van der Waals surface area contributed by atoms with Crippen LogP contribution in [0.5, 0.6) is 0 Å². The highest BCUT2D eigenvalue weighted by Crippen LogP contribution is 2.37. The summed E-state index contributed by atoms with van der Waals surface area (Å²) in [4.78, 5) is 17.2. The van der Waals surface area contributed by atoms with Gasteiger partial charge in [-0.1, -0.05) is 23.4 Å². The molecule has 3 aromatic rings. The van der Waals surface area contributed by atoms with Crippen molar-refractivity contribution >= 4 is 40.2 Å². The second-order valence-electron chi connectivity index (χ2n) is 5.34. The van der Waals surface area contributed by atoms with Crippen molar-refractivity contribution in [3.8, 4) is 0 Å². The molecule has 0 saturated carbocycles. The van der Waals surface area contributed by atoms with Crippen LogP contribution in [-0.4, -0.2) is 18.1 Å². The van der Waals surface area contributed by atoms with E-state index < -0.39 is 0 Å². The molecule has 1 N–H and O–H groups in total. The molecule has 0 bridgehead atoms. The Labute approximate surface area is 144 Å². The highest BCUT2D eigenvalue weighted by molar-refractivity contribution is 7.99. The number of benzene rings is 2. The number of halogens is 1. The number of aromatic nitrogens is 1. The molecule has 0 radical (unpaired) electrons. The highest BCUT2D eigenvalue weighted by atomic mass is 35.5. The van der Waals surface area contributed by atoms with Crippen LogP contribution in [0.15, 0.2) is 46.2 Å². The maximum absolute atomic E-state index is 11.8. The monoisotopic (exact) mass is 345 g/mol. The van der Waals surface area contributed by atoms with Gasteiger partial charge in [0.15, 0.2) is 0 Å². The van der Waals surface area contributed by atoms with Gasteiger partial charge >= 0.3 is 5.97 Å². The Hall–Kier alpha value is -1.91. The zero-order chi connectivity index (χ0) is 16.6. The van der Waals surface area contributed by atoms with E-state index in [1.54, 1.807) is 11.8 Å². The van der Waals surface area contributed by atoms with Crippen LogP contribution in [0.2, 0.25) is 5.02 Å². The van der Waals surface area contributed by atoms with Crippen molar-refractivity contribution in [1.29, 1.82) is 0 Å². The largest absolute Gasteiger partial charge is 0.464 e. The number of hydrogen-bond acceptors (Lipinski definition) is 3. The van der Waals surface area contributed by atoms with Gasteiger partial charge in [0, 0.05) is 20.2 Å². The van der Waals surface area contributed by atoms with Crippen LogP contribution in [-0.2, 0) is 4.74 Å². The van der Waals surface area contributed by atoms with Crippen molar-refractivity contribution in [3.63, 3.8) is 0 Å². The fourth-order valence-electron chi connectivity index (χ4n) is 2.46. The summed E-state index contributed by atoms with van der Waals surface area (Å²) in [6, 6.07) is 11.7. The maximum atomic E-state index is 11.8. The van der Waals surface area contributed by atoms with E-state index in [4.69, 9.17) is 16.3 Å². The third-order valence-electron chi connectivity index (χ3n) is 3.84. The van der Waals surface area contributed by atoms with E-state index in [9.17, 15) is 4.79 Å². The SMILES string of the molecule is COC(=O)c1cc2c(Sc3ccc(Cl)cc3)cc(C)c(C)c2[nH]1. The molecule has 0 unspecified atom stereocenters. The van der Waals surface area contributed by atoms with Crippen LogP contribution in [0.4, 0.5) is 0 Å². The van der Waals surface area contributed by atoms with Crippen LogP contribution in [0, 0.1) is 13.8 Å². The number of carbonyl (C=O) groups excluding carboxylic acids is 1. The van der Waals surface area contributed by atoms with Crippen LogP contribution < -0.4 is 0 Å². The van der Waals surface area contributed by atoms with Crippen LogP contribution in [0.1, 0.15) is 21.6 Å². The van der Waals surface area contributed by atoms with Crippen LogP contribution >= 0.6 is 23.4 Å². The second-order valence-corrected chi connectivity index (χ2v) is 6.89. The van der Waals surface area contributed by atoms with Gasteiger partial charge in [0.25, 0.3) is 0 Å². The molecule has 1 heterocycles. The summed E-state index contributed by atoms with van der Waals surface area (Å²) in [5.74, 6) is -0.360. The Bertz CT molecular complexity index is 884. The van der Waals surface area contributed by atoms with Crippen molar-refractivity contribution in [2.24, 2.45) is 0 Å². The van der Waals surface area contributed by atoms with Gasteiger partial charge < -0.3 is 9.72 Å². The minimum Gasteiger partial charge on any atom is -0.464 e. The lowest BCUT2D eigenvalue weighted by Gasteiger charge is -2.08. The van der Waals surface area contributed by atoms with Crippen molar-refractivity contribution < 1.29 is 9.53 Å². The zero-order valence-electron chi connectivity index (χ0n) is 13.1. The fourth-order valence-corrected chi connectivity index (χ4v) is 3.62. The number of H-pyrrole nitrogens is 1. The number of methoxy groups -OCH3 is 1. The molecule has 0 spiro atoms. The van der Waals surface area contributed by atoms with Crippen LogP contribution in [0.3, 0.4) is 0 Å². The number of aryl methyl sites for hydroxylation is 2. The summed E-state index contributed by atoms with van der Waals surface area (Å²) in [5, 5.41) is 1.74. The van der Waals surface area contributed by atoms with Gasteiger partial charge in [0.2, 0.25) is 0 Å². The standard InChI is InChI=1S/C18H16ClNO2S/c1-10-8-16(23-13-6-4-12(19)5-7-13)14-9-15(18(21)22-3)20-17(14)11(10)2/h4-9,20H,1-3H3. The Morgan fingerprint density at radius 2 is 1.87 bits per heavy atom. The number of aromatic amines is 1. The number of rotatable bonds is 3. The summed E-state index contributed by atoms with van der Waals surface area (Å²) in [6.07, 6.45) is 0. The molecule has 0 saturated heterocycles. The molecule has 0 aliphatic heterocycles. The molecule has 0 amide bonds. The molecule has 2 aromatic carbocycles. The minimum atomic E-state index is -0.360. The van der Waals surface area contributed by atoms with Gasteiger partial charge in [0.1, 0.15) is 5.69 Å². The molecular weight excluding hydrogens is 330 g/mol. The molecule has 3 rings (SSSR count). The molecular formula is C18H16ClNO2S. The molecule has 3 nitrogen and oxygen atoms in total. The van der Waals surface area contributed by atoms with Crippen LogP contribution in [0.25, 0.3) is 10.9 Å². The van der Waals surface area contributed by atoms with Gasteiger partial charge in [-0.3, -0.25) is 0 Å². The van der Waals surface area contributed by atoms with E-state index in [0.717, 1.165) is 26.3 Å². The third-order valence-corrected chi connectivity index (χ3v) is 5.16. The first-order valence-corrected chi connectivity index (χ1v) is 8.33. The molecule has 5 heteroatoms. The lowest BCUT2D eigenvalue weighted by atomic mass is 10.1. The number of fused-ring (bicyclic) bond motifs is 1. The third kappa shape index (κ3) is 3.09. The fraction of sp³-hybridized carbons (Fsp3) is 0.167. The number of carbonyl (C=O) groups is 1. The summed E-state index contributed by atoms with van der Waals surface area (Å²) >= 11 is 7.59. The van der Waals surface area contributed by atoms with Gasteiger partial charge in [-0.05, 0) is 61.4 Å². The Morgan fingerprint density at radius 3 is 2.52 bits per heavy atom. The normalized spacial score (nSPS) is 11.0. The zero-order valence-corrected chi connectivity index (χ0v) is 14.6. The molecule has 0 aliphatic carbocycles. The first-order chi connectivity index (χ1) is 11.0. The Morgan fingerprint density at radius 1 is 1.17 bits per heavy atom. The predicted octanol–water partition coefficient (Wildman–Crippen LogP) is 5.38. The number of hydrogen-bond donors (Lipinski definition) is 1. The van der Waals surface area contributed by atoms with Gasteiger partial charge in [-0.2, -0.15) is 0 Å². The van der Waals surface area contributed by atoms with E-state index in [0.29, 0.717) is 10.7 Å². The summed E-state index contributed by atoms with van der Waals surface area (Å²) in [6.45, 7) is 4.12. The summed E-state index contributed by atoms with van der Waals surface area (Å²) in [7, 11) is 1.38. The van der Waals surface area contributed by atoms with Crippen molar-refractivity contribution in [3.05, 3.63) is 58.2 Å². The Balaban J connectivity index is 2.12. The molecule has 118 valence electrons. The predicted molar refractivity (Wildman–Crippen MR) is 94.7 cm³/mol. The van der Waals surface area contributed by atoms with E-state index in [1.807, 2.05) is 37.3 Å². The number of nitrogens with one attached hydrogen (secondary N) is 1. The lowest BCUT2D eigenvalue weighted by molar-refractivity contribution is 0.0595. The maximum Gasteiger partial charge on any atom is 0.354 e. The van der Waals surface area contributed by atoms with Crippen molar-refractivity contribution in [1.82, 2.24) is 4.98 Å². The highest BCUT2D eigenvalue weighted by Gasteiger charge is 2.15. The summed E-state index contributed by atoms with van der Waals surface area (Å²) in [5.41, 5.74) is 3.75. The minimum absolute atomic E-state index is 0.360. The number of esters is 1. The van der Waals surface area contributed by atoms with E-state index in [-0.39, 0.29) is 5.97 Å². The molecule has 23 heavy (non-hydrogen) atoms. The quantitative estimate of drug-likeness (QED) is 0.648. The van der Waals surface area contributed by atoms with E-state index >= 15 is 0 Å². The molecule has 1 aromatic heterocycles. The lowest BCUT2D eigenvalue weighted by Crippen LogP contribution is -2.00. The van der Waals surface area contributed by atoms with Crippen molar-refractivity contribution in [2.75, 3.05) is 7.11 Å². The first kappa shape index (κ1) is 16.0. The average Bonchev–Trinajstić information content (AvgIpc) is 2.99. The second kappa shape index (κ2) is 6.30. The summed E-state index contributed by atoms with van der Waals surface area (Å²) < 4.78 is 4.82. The van der Waals surface area contributed by atoms with Gasteiger partial charge in [-0.25, -0.2) is 4.79 Å². The van der Waals surface area contributed by atoms with E-state index in [2.05, 4.69) is 18.0 Å². The number of ether oxygens (including phenoxy) is 1.